The number of benzene rings is 2. The lowest BCUT2D eigenvalue weighted by Crippen LogP contribution is -2.32. The van der Waals surface area contributed by atoms with Crippen LogP contribution in [0, 0.1) is 0 Å². The summed E-state index contributed by atoms with van der Waals surface area (Å²) in [6, 6.07) is 13.4. The fraction of sp³-hybridized carbons (Fsp3) is 0.300. The van der Waals surface area contributed by atoms with Crippen molar-refractivity contribution in [2.75, 3.05) is 13.3 Å². The zero-order valence-corrected chi connectivity index (χ0v) is 16.1. The third kappa shape index (κ3) is 4.54. The third-order valence-corrected chi connectivity index (χ3v) is 5.70. The van der Waals surface area contributed by atoms with Gasteiger partial charge in [0, 0.05) is 37.0 Å². The van der Waals surface area contributed by atoms with Crippen molar-refractivity contribution in [2.45, 2.75) is 30.3 Å². The van der Waals surface area contributed by atoms with E-state index < -0.39 is 9.84 Å². The second-order valence-electron chi connectivity index (χ2n) is 6.74. The first kappa shape index (κ1) is 19.1. The largest absolute Gasteiger partial charge is 0.355 e. The van der Waals surface area contributed by atoms with Crippen molar-refractivity contribution in [2.24, 2.45) is 0 Å². The molecule has 1 saturated carbocycles. The van der Waals surface area contributed by atoms with Crippen LogP contribution in [-0.4, -0.2) is 44.5 Å². The van der Waals surface area contributed by atoms with E-state index in [9.17, 15) is 18.0 Å². The fourth-order valence-electron chi connectivity index (χ4n) is 2.87. The fourth-order valence-corrected chi connectivity index (χ4v) is 3.50. The van der Waals surface area contributed by atoms with E-state index in [1.54, 1.807) is 31.3 Å². The summed E-state index contributed by atoms with van der Waals surface area (Å²) in [6.07, 6.45) is 3.07. The lowest BCUT2D eigenvalue weighted by atomic mass is 10.1. The Morgan fingerprint density at radius 1 is 1.00 bits per heavy atom. The first-order valence-electron chi connectivity index (χ1n) is 8.71. The zero-order chi connectivity index (χ0) is 19.6. The highest BCUT2D eigenvalue weighted by molar-refractivity contribution is 7.90. The van der Waals surface area contributed by atoms with Crippen LogP contribution in [0.2, 0.25) is 0 Å². The average Bonchev–Trinajstić information content (AvgIpc) is 3.50. The number of rotatable bonds is 6. The van der Waals surface area contributed by atoms with Crippen molar-refractivity contribution in [1.29, 1.82) is 0 Å². The molecule has 1 aliphatic carbocycles. The lowest BCUT2D eigenvalue weighted by molar-refractivity contribution is 0.0729. The molecule has 0 spiro atoms. The van der Waals surface area contributed by atoms with Crippen LogP contribution in [0.1, 0.15) is 39.1 Å². The van der Waals surface area contributed by atoms with E-state index in [1.807, 2.05) is 17.0 Å². The molecule has 0 aliphatic heterocycles. The van der Waals surface area contributed by atoms with Gasteiger partial charge in [0.15, 0.2) is 9.84 Å². The number of sulfone groups is 1. The number of nitrogens with zero attached hydrogens (tertiary/aromatic N) is 1. The molecule has 6 nitrogen and oxygen atoms in total. The van der Waals surface area contributed by atoms with Gasteiger partial charge in [-0.05, 0) is 54.8 Å². The molecule has 0 atom stereocenters. The zero-order valence-electron chi connectivity index (χ0n) is 15.3. The van der Waals surface area contributed by atoms with E-state index >= 15 is 0 Å². The van der Waals surface area contributed by atoms with Crippen LogP contribution in [-0.2, 0) is 16.4 Å². The molecular weight excluding hydrogens is 364 g/mol. The number of hydrogen-bond acceptors (Lipinski definition) is 4. The maximum atomic E-state index is 12.9. The van der Waals surface area contributed by atoms with E-state index in [0.717, 1.165) is 24.7 Å². The molecule has 27 heavy (non-hydrogen) atoms. The van der Waals surface area contributed by atoms with Crippen molar-refractivity contribution in [3.8, 4) is 0 Å². The summed E-state index contributed by atoms with van der Waals surface area (Å²) < 4.78 is 23.2. The Morgan fingerprint density at radius 2 is 1.56 bits per heavy atom. The standard InChI is InChI=1S/C20H22N2O4S/c1-21-19(23)15-5-3-14(4-6-15)13-22(17-9-10-17)20(24)16-7-11-18(12-8-16)27(2,25)26/h3-8,11-12,17H,9-10,13H2,1-2H3,(H,21,23). The Labute approximate surface area is 159 Å². The molecule has 1 fully saturated rings. The summed E-state index contributed by atoms with van der Waals surface area (Å²) >= 11 is 0. The number of amides is 2. The Hall–Kier alpha value is -2.67. The molecule has 0 heterocycles. The minimum atomic E-state index is -3.29. The summed E-state index contributed by atoms with van der Waals surface area (Å²) in [5, 5.41) is 2.58. The van der Waals surface area contributed by atoms with Crippen LogP contribution in [0.5, 0.6) is 0 Å². The molecule has 142 valence electrons. The topological polar surface area (TPSA) is 83.6 Å². The summed E-state index contributed by atoms with van der Waals surface area (Å²) in [4.78, 5) is 26.6. The Balaban J connectivity index is 1.77. The maximum Gasteiger partial charge on any atom is 0.254 e. The van der Waals surface area contributed by atoms with Crippen molar-refractivity contribution >= 4 is 21.7 Å². The highest BCUT2D eigenvalue weighted by Gasteiger charge is 2.33. The Morgan fingerprint density at radius 3 is 2.04 bits per heavy atom. The van der Waals surface area contributed by atoms with Gasteiger partial charge >= 0.3 is 0 Å². The van der Waals surface area contributed by atoms with Crippen LogP contribution >= 0.6 is 0 Å². The van der Waals surface area contributed by atoms with Crippen molar-refractivity contribution < 1.29 is 18.0 Å². The maximum absolute atomic E-state index is 12.9. The average molecular weight is 386 g/mol. The summed E-state index contributed by atoms with van der Waals surface area (Å²) in [7, 11) is -1.71. The molecule has 2 amide bonds. The molecule has 1 aliphatic rings. The van der Waals surface area contributed by atoms with E-state index in [4.69, 9.17) is 0 Å². The molecule has 1 N–H and O–H groups in total. The summed E-state index contributed by atoms with van der Waals surface area (Å²) in [5.74, 6) is -0.268. The molecule has 2 aromatic carbocycles. The molecule has 2 aromatic rings. The molecule has 3 rings (SSSR count). The molecule has 0 bridgehead atoms. The number of hydrogen-bond donors (Lipinski definition) is 1. The molecule has 0 radical (unpaired) electrons. The quantitative estimate of drug-likeness (QED) is 0.825. The van der Waals surface area contributed by atoms with Crippen LogP contribution in [0.25, 0.3) is 0 Å². The highest BCUT2D eigenvalue weighted by Crippen LogP contribution is 2.30. The van der Waals surface area contributed by atoms with E-state index in [1.165, 1.54) is 12.1 Å². The smallest absolute Gasteiger partial charge is 0.254 e. The van der Waals surface area contributed by atoms with Gasteiger partial charge in [0.05, 0.1) is 4.90 Å². The van der Waals surface area contributed by atoms with Gasteiger partial charge in [0.2, 0.25) is 0 Å². The van der Waals surface area contributed by atoms with Gasteiger partial charge in [-0.25, -0.2) is 8.42 Å². The van der Waals surface area contributed by atoms with Gasteiger partial charge in [-0.15, -0.1) is 0 Å². The van der Waals surface area contributed by atoms with E-state index in [0.29, 0.717) is 17.7 Å². The summed E-state index contributed by atoms with van der Waals surface area (Å²) in [6.45, 7) is 0.450. The normalized spacial score (nSPS) is 13.9. The Kier molecular flexibility index (Phi) is 5.32. The van der Waals surface area contributed by atoms with Gasteiger partial charge in [0.25, 0.3) is 11.8 Å². The predicted molar refractivity (Wildman–Crippen MR) is 102 cm³/mol. The van der Waals surface area contributed by atoms with Gasteiger partial charge in [-0.2, -0.15) is 0 Å². The van der Waals surface area contributed by atoms with Crippen LogP contribution < -0.4 is 5.32 Å². The predicted octanol–water partition coefficient (Wildman–Crippen LogP) is 2.25. The second-order valence-corrected chi connectivity index (χ2v) is 8.75. The van der Waals surface area contributed by atoms with E-state index in [2.05, 4.69) is 5.32 Å². The summed E-state index contributed by atoms with van der Waals surface area (Å²) in [5.41, 5.74) is 1.98. The van der Waals surface area contributed by atoms with Crippen molar-refractivity contribution in [1.82, 2.24) is 10.2 Å². The number of carbonyl (C=O) groups is 2. The van der Waals surface area contributed by atoms with Crippen LogP contribution in [0.3, 0.4) is 0 Å². The van der Waals surface area contributed by atoms with Gasteiger partial charge in [-0.3, -0.25) is 9.59 Å². The third-order valence-electron chi connectivity index (χ3n) is 4.57. The molecule has 7 heteroatoms. The van der Waals surface area contributed by atoms with Crippen molar-refractivity contribution in [3.63, 3.8) is 0 Å². The van der Waals surface area contributed by atoms with E-state index in [-0.39, 0.29) is 22.8 Å². The minimum Gasteiger partial charge on any atom is -0.355 e. The first-order valence-corrected chi connectivity index (χ1v) is 10.6. The van der Waals surface area contributed by atoms with Gasteiger partial charge < -0.3 is 10.2 Å². The number of carbonyl (C=O) groups excluding carboxylic acids is 2. The minimum absolute atomic E-state index is 0.118. The van der Waals surface area contributed by atoms with Gasteiger partial charge in [-0.1, -0.05) is 12.1 Å². The first-order chi connectivity index (χ1) is 12.8. The number of nitrogens with one attached hydrogen (secondary N) is 1. The SMILES string of the molecule is CNC(=O)c1ccc(CN(C(=O)c2ccc(S(C)(=O)=O)cc2)C2CC2)cc1. The highest BCUT2D eigenvalue weighted by atomic mass is 32.2. The molecule has 0 saturated heterocycles. The van der Waals surface area contributed by atoms with Crippen LogP contribution in [0.4, 0.5) is 0 Å². The van der Waals surface area contributed by atoms with Crippen molar-refractivity contribution in [3.05, 3.63) is 65.2 Å². The monoisotopic (exact) mass is 386 g/mol. The Bertz CT molecular complexity index is 946. The van der Waals surface area contributed by atoms with Gasteiger partial charge in [0.1, 0.15) is 0 Å². The molecular formula is C20H22N2O4S. The second kappa shape index (κ2) is 7.52. The molecule has 0 unspecified atom stereocenters. The lowest BCUT2D eigenvalue weighted by Gasteiger charge is -2.23. The molecule has 0 aromatic heterocycles. The van der Waals surface area contributed by atoms with Crippen LogP contribution in [0.15, 0.2) is 53.4 Å².